The summed E-state index contributed by atoms with van der Waals surface area (Å²) in [5, 5.41) is 11.9. The molecule has 0 aliphatic carbocycles. The van der Waals surface area contributed by atoms with Gasteiger partial charge in [-0.1, -0.05) is 26.0 Å². The zero-order chi connectivity index (χ0) is 20.5. The van der Waals surface area contributed by atoms with E-state index in [9.17, 15) is 14.9 Å². The topological polar surface area (TPSA) is 88.4 Å². The monoisotopic (exact) mass is 378 g/mol. The molecule has 0 radical (unpaired) electrons. The normalized spacial score (nSPS) is 10.9. The average Bonchev–Trinajstić information content (AvgIpc) is 2.71. The lowest BCUT2D eigenvalue weighted by atomic mass is 10.1. The van der Waals surface area contributed by atoms with Crippen LogP contribution < -0.4 is 10.1 Å². The molecule has 1 amide bonds. The average molecular weight is 378 g/mol. The fourth-order valence-corrected chi connectivity index (χ4v) is 2.23. The van der Waals surface area contributed by atoms with E-state index in [2.05, 4.69) is 5.32 Å². The molecular formula is C22H22N2O4. The second kappa shape index (κ2) is 9.93. The predicted molar refractivity (Wildman–Crippen MR) is 107 cm³/mol. The van der Waals surface area contributed by atoms with E-state index in [1.807, 2.05) is 19.9 Å². The van der Waals surface area contributed by atoms with Gasteiger partial charge < -0.3 is 14.8 Å². The van der Waals surface area contributed by atoms with E-state index in [1.54, 1.807) is 55.6 Å². The van der Waals surface area contributed by atoms with Crippen LogP contribution in [0.15, 0.2) is 54.1 Å². The third-order valence-corrected chi connectivity index (χ3v) is 3.72. The molecule has 0 aromatic heterocycles. The van der Waals surface area contributed by atoms with Crippen molar-refractivity contribution in [2.75, 3.05) is 19.0 Å². The molecule has 1 N–H and O–H groups in total. The van der Waals surface area contributed by atoms with E-state index in [0.717, 1.165) is 0 Å². The number of hydrogen-bond acceptors (Lipinski definition) is 5. The Morgan fingerprint density at radius 2 is 1.75 bits per heavy atom. The number of carbonyl (C=O) groups excluding carboxylic acids is 2. The molecule has 144 valence electrons. The second-order valence-electron chi connectivity index (χ2n) is 6.47. The van der Waals surface area contributed by atoms with Gasteiger partial charge in [0.1, 0.15) is 17.4 Å². The van der Waals surface area contributed by atoms with Crippen molar-refractivity contribution < 1.29 is 19.1 Å². The summed E-state index contributed by atoms with van der Waals surface area (Å²) in [5.41, 5.74) is 1.54. The molecule has 0 heterocycles. The van der Waals surface area contributed by atoms with E-state index in [1.165, 1.54) is 6.08 Å². The van der Waals surface area contributed by atoms with Crippen molar-refractivity contribution in [3.63, 3.8) is 0 Å². The van der Waals surface area contributed by atoms with Gasteiger partial charge in [0.05, 0.1) is 19.3 Å². The van der Waals surface area contributed by atoms with Crippen molar-refractivity contribution in [2.45, 2.75) is 13.8 Å². The maximum absolute atomic E-state index is 12.3. The maximum Gasteiger partial charge on any atom is 0.338 e. The van der Waals surface area contributed by atoms with Gasteiger partial charge in [0.2, 0.25) is 0 Å². The summed E-state index contributed by atoms with van der Waals surface area (Å²) in [7, 11) is 1.56. The molecule has 2 aromatic carbocycles. The molecule has 0 atom stereocenters. The lowest BCUT2D eigenvalue weighted by molar-refractivity contribution is -0.112. The minimum absolute atomic E-state index is 0.0365. The molecular weight excluding hydrogens is 356 g/mol. The van der Waals surface area contributed by atoms with Crippen molar-refractivity contribution >= 4 is 23.6 Å². The van der Waals surface area contributed by atoms with Gasteiger partial charge in [-0.15, -0.1) is 0 Å². The van der Waals surface area contributed by atoms with E-state index < -0.39 is 11.9 Å². The number of nitrogens with one attached hydrogen (secondary N) is 1. The fourth-order valence-electron chi connectivity index (χ4n) is 2.23. The van der Waals surface area contributed by atoms with Crippen LogP contribution in [0.4, 0.5) is 5.69 Å². The Kier molecular flexibility index (Phi) is 7.35. The predicted octanol–water partition coefficient (Wildman–Crippen LogP) is 4.05. The first-order chi connectivity index (χ1) is 13.4. The first kappa shape index (κ1) is 20.7. The third kappa shape index (κ3) is 5.99. The van der Waals surface area contributed by atoms with Crippen LogP contribution in [0, 0.1) is 17.2 Å². The molecule has 0 saturated carbocycles. The zero-order valence-corrected chi connectivity index (χ0v) is 16.1. The van der Waals surface area contributed by atoms with Gasteiger partial charge in [0.25, 0.3) is 5.91 Å². The quantitative estimate of drug-likeness (QED) is 0.446. The lowest BCUT2D eigenvalue weighted by Gasteiger charge is -2.08. The minimum Gasteiger partial charge on any atom is -0.497 e. The first-order valence-electron chi connectivity index (χ1n) is 8.77. The van der Waals surface area contributed by atoms with E-state index in [0.29, 0.717) is 29.2 Å². The van der Waals surface area contributed by atoms with Crippen molar-refractivity contribution in [3.8, 4) is 11.8 Å². The number of nitriles is 1. The van der Waals surface area contributed by atoms with Crippen LogP contribution >= 0.6 is 0 Å². The number of hydrogen-bond donors (Lipinski definition) is 1. The number of esters is 1. The highest BCUT2D eigenvalue weighted by Gasteiger charge is 2.11. The molecule has 28 heavy (non-hydrogen) atoms. The molecule has 0 fully saturated rings. The summed E-state index contributed by atoms with van der Waals surface area (Å²) in [6.45, 7) is 4.26. The molecule has 0 spiro atoms. The Bertz CT molecular complexity index is 892. The van der Waals surface area contributed by atoms with Gasteiger partial charge in [0.15, 0.2) is 0 Å². The van der Waals surface area contributed by atoms with Crippen LogP contribution in [0.2, 0.25) is 0 Å². The Balaban J connectivity index is 2.04. The van der Waals surface area contributed by atoms with Gasteiger partial charge in [-0.25, -0.2) is 4.79 Å². The number of carbonyl (C=O) groups is 2. The number of amides is 1. The molecule has 0 saturated heterocycles. The third-order valence-electron chi connectivity index (χ3n) is 3.72. The van der Waals surface area contributed by atoms with Crippen molar-refractivity contribution in [3.05, 3.63) is 65.2 Å². The highest BCUT2D eigenvalue weighted by atomic mass is 16.5. The summed E-state index contributed by atoms with van der Waals surface area (Å²) in [4.78, 5) is 24.3. The van der Waals surface area contributed by atoms with Crippen LogP contribution in [-0.2, 0) is 9.53 Å². The molecule has 2 rings (SSSR count). The van der Waals surface area contributed by atoms with Gasteiger partial charge in [-0.3, -0.25) is 4.79 Å². The summed E-state index contributed by atoms with van der Waals surface area (Å²) in [6, 6.07) is 15.2. The van der Waals surface area contributed by atoms with Crippen molar-refractivity contribution in [1.29, 1.82) is 5.26 Å². The van der Waals surface area contributed by atoms with Gasteiger partial charge >= 0.3 is 5.97 Å². The summed E-state index contributed by atoms with van der Waals surface area (Å²) in [5.74, 6) is -0.00586. The van der Waals surface area contributed by atoms with Crippen LogP contribution in [0.25, 0.3) is 6.08 Å². The molecule has 0 aliphatic heterocycles. The largest absolute Gasteiger partial charge is 0.497 e. The molecule has 0 aliphatic rings. The van der Waals surface area contributed by atoms with E-state index in [4.69, 9.17) is 9.47 Å². The van der Waals surface area contributed by atoms with Crippen molar-refractivity contribution in [2.24, 2.45) is 5.92 Å². The van der Waals surface area contributed by atoms with E-state index in [-0.39, 0.29) is 11.5 Å². The minimum atomic E-state index is -0.534. The molecule has 6 nitrogen and oxygen atoms in total. The first-order valence-corrected chi connectivity index (χ1v) is 8.77. The molecule has 2 aromatic rings. The number of ether oxygens (including phenoxy) is 2. The number of nitrogens with zero attached hydrogens (tertiary/aromatic N) is 1. The lowest BCUT2D eigenvalue weighted by Crippen LogP contribution is -2.14. The molecule has 0 unspecified atom stereocenters. The van der Waals surface area contributed by atoms with Gasteiger partial charge in [-0.05, 0) is 54.0 Å². The van der Waals surface area contributed by atoms with E-state index >= 15 is 0 Å². The van der Waals surface area contributed by atoms with Crippen LogP contribution in [0.3, 0.4) is 0 Å². The summed E-state index contributed by atoms with van der Waals surface area (Å²) < 4.78 is 10.2. The number of methoxy groups -OCH3 is 1. The zero-order valence-electron chi connectivity index (χ0n) is 16.1. The van der Waals surface area contributed by atoms with Crippen LogP contribution in [-0.4, -0.2) is 25.6 Å². The van der Waals surface area contributed by atoms with Gasteiger partial charge in [-0.2, -0.15) is 5.26 Å². The highest BCUT2D eigenvalue weighted by molar-refractivity contribution is 6.09. The number of rotatable bonds is 7. The highest BCUT2D eigenvalue weighted by Crippen LogP contribution is 2.16. The number of anilines is 1. The Labute approximate surface area is 164 Å². The standard InChI is InChI=1S/C22H22N2O4/c1-15(2)14-28-22(26)17-6-8-19(9-7-17)24-21(25)18(13-23)12-16-4-10-20(27-3)11-5-16/h4-12,15H,14H2,1-3H3,(H,24,25)/b18-12+. The summed E-state index contributed by atoms with van der Waals surface area (Å²) >= 11 is 0. The van der Waals surface area contributed by atoms with Crippen LogP contribution in [0.5, 0.6) is 5.75 Å². The SMILES string of the molecule is COc1ccc(/C=C(\C#N)C(=O)Nc2ccc(C(=O)OCC(C)C)cc2)cc1. The van der Waals surface area contributed by atoms with Crippen molar-refractivity contribution in [1.82, 2.24) is 0 Å². The van der Waals surface area contributed by atoms with Crippen LogP contribution in [0.1, 0.15) is 29.8 Å². The molecule has 6 heteroatoms. The van der Waals surface area contributed by atoms with Gasteiger partial charge in [0, 0.05) is 5.69 Å². The second-order valence-corrected chi connectivity index (χ2v) is 6.47. The smallest absolute Gasteiger partial charge is 0.338 e. The Morgan fingerprint density at radius 1 is 1.11 bits per heavy atom. The summed E-state index contributed by atoms with van der Waals surface area (Å²) in [6.07, 6.45) is 1.49. The molecule has 0 bridgehead atoms. The Hall–Kier alpha value is -3.59. The fraction of sp³-hybridized carbons (Fsp3) is 0.227. The number of benzene rings is 2. The Morgan fingerprint density at radius 3 is 2.29 bits per heavy atom. The maximum atomic E-state index is 12.3.